The number of nitrogens with zero attached hydrogens (tertiary/aromatic N) is 1. The number of nitrogens with one attached hydrogen (secondary N) is 1. The zero-order valence-corrected chi connectivity index (χ0v) is 12.5. The molecule has 1 saturated heterocycles. The Morgan fingerprint density at radius 1 is 1.47 bits per heavy atom. The van der Waals surface area contributed by atoms with Crippen LogP contribution in [0.5, 0.6) is 0 Å². The van der Waals surface area contributed by atoms with Crippen molar-refractivity contribution in [3.05, 3.63) is 0 Å². The van der Waals surface area contributed by atoms with Gasteiger partial charge in [0, 0.05) is 26.2 Å². The van der Waals surface area contributed by atoms with Gasteiger partial charge in [-0.3, -0.25) is 4.90 Å². The lowest BCUT2D eigenvalue weighted by molar-refractivity contribution is -0.0669. The molecule has 4 heteroatoms. The van der Waals surface area contributed by atoms with E-state index in [-0.39, 0.29) is 12.7 Å². The van der Waals surface area contributed by atoms with E-state index in [1.165, 1.54) is 25.7 Å². The normalized spacial score (nSPS) is 37.4. The van der Waals surface area contributed by atoms with Crippen molar-refractivity contribution < 1.29 is 9.84 Å². The average molecular weight is 270 g/mol. The highest BCUT2D eigenvalue weighted by atomic mass is 16.5. The van der Waals surface area contributed by atoms with Gasteiger partial charge < -0.3 is 15.2 Å². The van der Waals surface area contributed by atoms with Crippen LogP contribution in [0.25, 0.3) is 0 Å². The molecule has 1 aliphatic heterocycles. The number of hydrogen-bond acceptors (Lipinski definition) is 4. The van der Waals surface area contributed by atoms with Crippen molar-refractivity contribution in [1.82, 2.24) is 10.2 Å². The van der Waals surface area contributed by atoms with Crippen LogP contribution in [0.4, 0.5) is 0 Å². The second kappa shape index (κ2) is 7.02. The Morgan fingerprint density at radius 3 is 3.00 bits per heavy atom. The minimum absolute atomic E-state index is 0.0152. The van der Waals surface area contributed by atoms with Gasteiger partial charge in [0.1, 0.15) is 0 Å². The van der Waals surface area contributed by atoms with Gasteiger partial charge in [0.15, 0.2) is 0 Å². The molecule has 4 nitrogen and oxygen atoms in total. The summed E-state index contributed by atoms with van der Waals surface area (Å²) in [5, 5.41) is 12.7. The summed E-state index contributed by atoms with van der Waals surface area (Å²) in [6.07, 6.45) is 5.42. The molecule has 1 aliphatic carbocycles. The molecule has 0 bridgehead atoms. The van der Waals surface area contributed by atoms with E-state index in [1.807, 2.05) is 0 Å². The molecule has 2 rings (SSSR count). The van der Waals surface area contributed by atoms with Crippen LogP contribution < -0.4 is 5.32 Å². The van der Waals surface area contributed by atoms with E-state index in [9.17, 15) is 5.11 Å². The first-order chi connectivity index (χ1) is 9.17. The zero-order chi connectivity index (χ0) is 13.7. The first-order valence-electron chi connectivity index (χ1n) is 7.77. The Labute approximate surface area is 117 Å². The summed E-state index contributed by atoms with van der Waals surface area (Å²) in [5.41, 5.74) is 0.420. The fraction of sp³-hybridized carbons (Fsp3) is 1.00. The van der Waals surface area contributed by atoms with Crippen molar-refractivity contribution >= 4 is 0 Å². The molecule has 2 aliphatic rings. The zero-order valence-electron chi connectivity index (χ0n) is 12.5. The van der Waals surface area contributed by atoms with E-state index in [4.69, 9.17) is 4.74 Å². The quantitative estimate of drug-likeness (QED) is 0.785. The third-order valence-corrected chi connectivity index (χ3v) is 4.72. The molecule has 1 saturated carbocycles. The van der Waals surface area contributed by atoms with E-state index in [0.717, 1.165) is 38.7 Å². The van der Waals surface area contributed by atoms with Crippen molar-refractivity contribution in [2.24, 2.45) is 11.3 Å². The molecule has 2 N–H and O–H groups in total. The van der Waals surface area contributed by atoms with Gasteiger partial charge >= 0.3 is 0 Å². The van der Waals surface area contributed by atoms with E-state index in [1.54, 1.807) is 0 Å². The molecule has 0 amide bonds. The van der Waals surface area contributed by atoms with E-state index in [2.05, 4.69) is 24.2 Å². The van der Waals surface area contributed by atoms with Crippen LogP contribution in [0.3, 0.4) is 0 Å². The highest BCUT2D eigenvalue weighted by molar-refractivity contribution is 4.90. The second-order valence-corrected chi connectivity index (χ2v) is 6.64. The Morgan fingerprint density at radius 2 is 2.32 bits per heavy atom. The summed E-state index contributed by atoms with van der Waals surface area (Å²) in [4.78, 5) is 2.50. The summed E-state index contributed by atoms with van der Waals surface area (Å²) in [6.45, 7) is 7.45. The van der Waals surface area contributed by atoms with Crippen molar-refractivity contribution in [1.29, 1.82) is 0 Å². The smallest absolute Gasteiger partial charge is 0.0932 e. The van der Waals surface area contributed by atoms with Crippen LogP contribution in [0.1, 0.15) is 32.6 Å². The predicted octanol–water partition coefficient (Wildman–Crippen LogP) is 1.10. The molecule has 1 heterocycles. The van der Waals surface area contributed by atoms with E-state index in [0.29, 0.717) is 5.41 Å². The third-order valence-electron chi connectivity index (χ3n) is 4.72. The topological polar surface area (TPSA) is 44.7 Å². The monoisotopic (exact) mass is 270 g/mol. The maximum absolute atomic E-state index is 9.26. The lowest BCUT2D eigenvalue weighted by Crippen LogP contribution is -2.51. The van der Waals surface area contributed by atoms with Crippen molar-refractivity contribution in [2.45, 2.75) is 38.7 Å². The van der Waals surface area contributed by atoms with Crippen LogP contribution in [0.15, 0.2) is 0 Å². The maximum Gasteiger partial charge on any atom is 0.0932 e. The Kier molecular flexibility index (Phi) is 5.63. The molecule has 3 atom stereocenters. The summed E-state index contributed by atoms with van der Waals surface area (Å²) < 4.78 is 5.55. The number of aliphatic hydroxyl groups excluding tert-OH is 1. The molecular weight excluding hydrogens is 240 g/mol. The molecule has 19 heavy (non-hydrogen) atoms. The largest absolute Gasteiger partial charge is 0.394 e. The highest BCUT2D eigenvalue weighted by Gasteiger charge is 2.37. The van der Waals surface area contributed by atoms with Gasteiger partial charge in [0.2, 0.25) is 0 Å². The molecule has 2 fully saturated rings. The molecule has 0 spiro atoms. The molecule has 0 radical (unpaired) electrons. The third kappa shape index (κ3) is 4.15. The van der Waals surface area contributed by atoms with E-state index >= 15 is 0 Å². The number of aliphatic hydroxyl groups is 1. The van der Waals surface area contributed by atoms with Gasteiger partial charge in [-0.25, -0.2) is 0 Å². The average Bonchev–Trinajstić information content (AvgIpc) is 2.39. The molecule has 3 unspecified atom stereocenters. The first kappa shape index (κ1) is 15.2. The van der Waals surface area contributed by atoms with Crippen LogP contribution >= 0.6 is 0 Å². The van der Waals surface area contributed by atoms with Crippen molar-refractivity contribution in [2.75, 3.05) is 46.4 Å². The summed E-state index contributed by atoms with van der Waals surface area (Å²) in [7, 11) is 2.07. The molecule has 0 aromatic heterocycles. The standard InChI is InChI=1S/C15H30N2O2/c1-13-4-3-5-15(8-13,11-16-2)12-17-6-7-19-14(9-17)10-18/h13-14,16,18H,3-12H2,1-2H3. The molecule has 112 valence electrons. The van der Waals surface area contributed by atoms with Crippen LogP contribution in [0, 0.1) is 11.3 Å². The second-order valence-electron chi connectivity index (χ2n) is 6.64. The summed E-state index contributed by atoms with van der Waals surface area (Å²) in [6, 6.07) is 0. The number of rotatable bonds is 5. The lowest BCUT2D eigenvalue weighted by Gasteiger charge is -2.45. The predicted molar refractivity (Wildman–Crippen MR) is 77.3 cm³/mol. The van der Waals surface area contributed by atoms with Crippen molar-refractivity contribution in [3.63, 3.8) is 0 Å². The molecule has 0 aromatic rings. The van der Waals surface area contributed by atoms with Crippen molar-refractivity contribution in [3.8, 4) is 0 Å². The number of hydrogen-bond donors (Lipinski definition) is 2. The minimum Gasteiger partial charge on any atom is -0.394 e. The van der Waals surface area contributed by atoms with Gasteiger partial charge in [0.25, 0.3) is 0 Å². The highest BCUT2D eigenvalue weighted by Crippen LogP contribution is 2.39. The van der Waals surface area contributed by atoms with Gasteiger partial charge in [0.05, 0.1) is 19.3 Å². The fourth-order valence-corrected chi connectivity index (χ4v) is 4.01. The van der Waals surface area contributed by atoms with E-state index < -0.39 is 0 Å². The fourth-order valence-electron chi connectivity index (χ4n) is 4.01. The van der Waals surface area contributed by atoms with Gasteiger partial charge in [-0.05, 0) is 31.2 Å². The van der Waals surface area contributed by atoms with Crippen LogP contribution in [-0.4, -0.2) is 62.6 Å². The Balaban J connectivity index is 1.95. The van der Waals surface area contributed by atoms with Gasteiger partial charge in [-0.1, -0.05) is 19.8 Å². The number of morpholine rings is 1. The van der Waals surface area contributed by atoms with Crippen LogP contribution in [0.2, 0.25) is 0 Å². The molecule has 0 aromatic carbocycles. The van der Waals surface area contributed by atoms with Gasteiger partial charge in [-0.15, -0.1) is 0 Å². The maximum atomic E-state index is 9.26. The summed E-state index contributed by atoms with van der Waals surface area (Å²) in [5.74, 6) is 0.844. The SMILES string of the molecule is CNCC1(CN2CCOC(CO)C2)CCCC(C)C1. The minimum atomic E-state index is 0.0152. The Bertz CT molecular complexity index is 271. The van der Waals surface area contributed by atoms with Gasteiger partial charge in [-0.2, -0.15) is 0 Å². The Hall–Kier alpha value is -0.160. The van der Waals surface area contributed by atoms with Crippen LogP contribution in [-0.2, 0) is 4.74 Å². The summed E-state index contributed by atoms with van der Waals surface area (Å²) >= 11 is 0. The molecular formula is C15H30N2O2. The number of ether oxygens (including phenoxy) is 1. The lowest BCUT2D eigenvalue weighted by atomic mass is 9.69. The first-order valence-corrected chi connectivity index (χ1v) is 7.77.